The Labute approximate surface area is 165 Å². The minimum Gasteiger partial charge on any atom is -0.493 e. The fourth-order valence-corrected chi connectivity index (χ4v) is 2.98. The molecule has 2 amide bonds. The number of hydrogen-bond acceptors (Lipinski definition) is 6. The molecule has 0 saturated carbocycles. The van der Waals surface area contributed by atoms with Crippen molar-refractivity contribution in [2.45, 2.75) is 6.92 Å². The van der Waals surface area contributed by atoms with Crippen molar-refractivity contribution in [3.63, 3.8) is 0 Å². The second-order valence-corrected chi connectivity index (χ2v) is 6.14. The first-order valence-electron chi connectivity index (χ1n) is 8.55. The summed E-state index contributed by atoms with van der Waals surface area (Å²) in [5.41, 5.74) is 5.97. The fraction of sp³-hybridized carbons (Fsp3) is 0.556. The molecule has 1 aromatic carbocycles. The van der Waals surface area contributed by atoms with Crippen molar-refractivity contribution >= 4 is 24.2 Å². The quantitative estimate of drug-likeness (QED) is 0.764. The molecule has 1 aromatic rings. The predicted octanol–water partition coefficient (Wildman–Crippen LogP) is 1.01. The molecule has 1 aliphatic rings. The van der Waals surface area contributed by atoms with Gasteiger partial charge < -0.3 is 29.7 Å². The van der Waals surface area contributed by atoms with Gasteiger partial charge in [-0.2, -0.15) is 0 Å². The van der Waals surface area contributed by atoms with Crippen molar-refractivity contribution in [2.75, 3.05) is 54.1 Å². The molecular weight excluding hydrogens is 374 g/mol. The Morgan fingerprint density at radius 2 is 1.56 bits per heavy atom. The number of piperazine rings is 1. The normalized spacial score (nSPS) is 14.9. The minimum absolute atomic E-state index is 0. The zero-order valence-corrected chi connectivity index (χ0v) is 17.0. The molecule has 1 aliphatic heterocycles. The van der Waals surface area contributed by atoms with Crippen molar-refractivity contribution in [1.82, 2.24) is 9.80 Å². The van der Waals surface area contributed by atoms with Crippen LogP contribution in [0.25, 0.3) is 0 Å². The maximum absolute atomic E-state index is 12.9. The maximum atomic E-state index is 12.9. The molecule has 1 saturated heterocycles. The van der Waals surface area contributed by atoms with Crippen LogP contribution in [-0.4, -0.2) is 75.7 Å². The van der Waals surface area contributed by atoms with Gasteiger partial charge in [0.2, 0.25) is 11.7 Å². The lowest BCUT2D eigenvalue weighted by atomic mass is 10.1. The summed E-state index contributed by atoms with van der Waals surface area (Å²) in [6.07, 6.45) is 0. The van der Waals surface area contributed by atoms with Gasteiger partial charge in [-0.15, -0.1) is 12.4 Å². The molecule has 1 fully saturated rings. The Bertz CT molecular complexity index is 663. The molecule has 27 heavy (non-hydrogen) atoms. The van der Waals surface area contributed by atoms with E-state index < -0.39 is 0 Å². The number of benzene rings is 1. The zero-order valence-electron chi connectivity index (χ0n) is 16.2. The molecule has 2 N–H and O–H groups in total. The van der Waals surface area contributed by atoms with Crippen LogP contribution in [0.3, 0.4) is 0 Å². The topological polar surface area (TPSA) is 94.3 Å². The second-order valence-electron chi connectivity index (χ2n) is 6.14. The smallest absolute Gasteiger partial charge is 0.257 e. The van der Waals surface area contributed by atoms with Crippen molar-refractivity contribution in [1.29, 1.82) is 0 Å². The van der Waals surface area contributed by atoms with E-state index in [9.17, 15) is 9.59 Å². The number of amides is 2. The van der Waals surface area contributed by atoms with Gasteiger partial charge in [0.1, 0.15) is 0 Å². The van der Waals surface area contributed by atoms with Crippen LogP contribution in [0.4, 0.5) is 0 Å². The van der Waals surface area contributed by atoms with Crippen LogP contribution < -0.4 is 19.9 Å². The van der Waals surface area contributed by atoms with Gasteiger partial charge in [-0.1, -0.05) is 6.92 Å². The van der Waals surface area contributed by atoms with Gasteiger partial charge in [-0.05, 0) is 12.1 Å². The van der Waals surface area contributed by atoms with E-state index in [2.05, 4.69) is 0 Å². The lowest BCUT2D eigenvalue weighted by molar-refractivity contribution is -0.136. The Morgan fingerprint density at radius 1 is 1.00 bits per heavy atom. The van der Waals surface area contributed by atoms with Crippen LogP contribution in [0, 0.1) is 5.92 Å². The molecule has 0 aromatic heterocycles. The second kappa shape index (κ2) is 10.2. The summed E-state index contributed by atoms with van der Waals surface area (Å²) in [6.45, 7) is 4.03. The van der Waals surface area contributed by atoms with E-state index in [0.29, 0.717) is 55.5 Å². The van der Waals surface area contributed by atoms with Crippen LogP contribution in [0.1, 0.15) is 17.3 Å². The molecule has 1 atom stereocenters. The predicted molar refractivity (Wildman–Crippen MR) is 104 cm³/mol. The summed E-state index contributed by atoms with van der Waals surface area (Å²) in [4.78, 5) is 28.6. The van der Waals surface area contributed by atoms with Crippen LogP contribution in [0.2, 0.25) is 0 Å². The van der Waals surface area contributed by atoms with Gasteiger partial charge >= 0.3 is 0 Å². The van der Waals surface area contributed by atoms with Gasteiger partial charge in [-0.25, -0.2) is 0 Å². The lowest BCUT2D eigenvalue weighted by Gasteiger charge is -2.36. The molecule has 0 radical (unpaired) electrons. The van der Waals surface area contributed by atoms with Gasteiger partial charge in [0.25, 0.3) is 5.91 Å². The summed E-state index contributed by atoms with van der Waals surface area (Å²) in [7, 11) is 4.51. The molecule has 2 rings (SSSR count). The number of carbonyl (C=O) groups excluding carboxylic acids is 2. The first-order chi connectivity index (χ1) is 12.5. The highest BCUT2D eigenvalue weighted by atomic mass is 35.5. The van der Waals surface area contributed by atoms with Crippen molar-refractivity contribution < 1.29 is 23.8 Å². The summed E-state index contributed by atoms with van der Waals surface area (Å²) < 4.78 is 16.0. The third-order valence-electron chi connectivity index (χ3n) is 4.59. The number of nitrogens with two attached hydrogens (primary N) is 1. The first-order valence-corrected chi connectivity index (χ1v) is 8.55. The van der Waals surface area contributed by atoms with E-state index in [-0.39, 0.29) is 30.1 Å². The maximum Gasteiger partial charge on any atom is 0.257 e. The molecule has 1 heterocycles. The number of hydrogen-bond donors (Lipinski definition) is 1. The van der Waals surface area contributed by atoms with E-state index in [0.717, 1.165) is 0 Å². The van der Waals surface area contributed by atoms with Crippen molar-refractivity contribution in [3.8, 4) is 17.2 Å². The molecular formula is C18H28ClN3O5. The molecule has 0 bridgehead atoms. The molecule has 0 aliphatic carbocycles. The molecule has 0 spiro atoms. The van der Waals surface area contributed by atoms with Crippen LogP contribution in [-0.2, 0) is 4.79 Å². The van der Waals surface area contributed by atoms with Crippen LogP contribution >= 0.6 is 12.4 Å². The Balaban J connectivity index is 0.00000364. The zero-order chi connectivity index (χ0) is 19.3. The van der Waals surface area contributed by atoms with Crippen LogP contribution in [0.5, 0.6) is 17.2 Å². The van der Waals surface area contributed by atoms with Gasteiger partial charge in [0, 0.05) is 38.6 Å². The summed E-state index contributed by atoms with van der Waals surface area (Å²) in [5, 5.41) is 0. The molecule has 9 heteroatoms. The average molecular weight is 402 g/mol. The molecule has 1 unspecified atom stereocenters. The summed E-state index contributed by atoms with van der Waals surface area (Å²) in [6, 6.07) is 3.34. The highest BCUT2D eigenvalue weighted by Crippen LogP contribution is 2.40. The Hall–Kier alpha value is -2.19. The number of ether oxygens (including phenoxy) is 3. The van der Waals surface area contributed by atoms with E-state index in [1.807, 2.05) is 6.92 Å². The van der Waals surface area contributed by atoms with E-state index in [1.54, 1.807) is 21.9 Å². The lowest BCUT2D eigenvalue weighted by Crippen LogP contribution is -2.52. The monoisotopic (exact) mass is 401 g/mol. The Morgan fingerprint density at radius 3 is 2.04 bits per heavy atom. The number of rotatable bonds is 6. The largest absolute Gasteiger partial charge is 0.493 e. The van der Waals surface area contributed by atoms with Gasteiger partial charge in [0.15, 0.2) is 11.5 Å². The SMILES string of the molecule is COc1ccc(C(=O)N2CCN(C(=O)C(C)CN)CC2)c(OC)c1OC.Cl. The van der Waals surface area contributed by atoms with Gasteiger partial charge in [0.05, 0.1) is 26.9 Å². The van der Waals surface area contributed by atoms with Crippen LogP contribution in [0.15, 0.2) is 12.1 Å². The standard InChI is InChI=1S/C18H27N3O5.ClH/c1-12(11-19)17(22)20-7-9-21(10-8-20)18(23)13-5-6-14(24-2)16(26-4)15(13)25-3;/h5-6,12H,7-11,19H2,1-4H3;1H. The molecule has 8 nitrogen and oxygen atoms in total. The summed E-state index contributed by atoms with van der Waals surface area (Å²) in [5.74, 6) is 0.874. The highest BCUT2D eigenvalue weighted by Gasteiger charge is 2.29. The average Bonchev–Trinajstić information content (AvgIpc) is 2.70. The summed E-state index contributed by atoms with van der Waals surface area (Å²) >= 11 is 0. The number of nitrogens with zero attached hydrogens (tertiary/aromatic N) is 2. The minimum atomic E-state index is -0.205. The Kier molecular flexibility index (Phi) is 8.65. The molecule has 152 valence electrons. The van der Waals surface area contributed by atoms with Gasteiger partial charge in [-0.3, -0.25) is 9.59 Å². The number of carbonyl (C=O) groups is 2. The van der Waals surface area contributed by atoms with E-state index >= 15 is 0 Å². The highest BCUT2D eigenvalue weighted by molar-refractivity contribution is 5.98. The third-order valence-corrected chi connectivity index (χ3v) is 4.59. The van der Waals surface area contributed by atoms with Crippen molar-refractivity contribution in [3.05, 3.63) is 17.7 Å². The number of methoxy groups -OCH3 is 3. The fourth-order valence-electron chi connectivity index (χ4n) is 2.98. The van der Waals surface area contributed by atoms with E-state index in [4.69, 9.17) is 19.9 Å². The third kappa shape index (κ3) is 4.75. The van der Waals surface area contributed by atoms with Crippen molar-refractivity contribution in [2.24, 2.45) is 11.7 Å². The number of halogens is 1. The first kappa shape index (κ1) is 22.9. The van der Waals surface area contributed by atoms with E-state index in [1.165, 1.54) is 21.3 Å².